The lowest BCUT2D eigenvalue weighted by atomic mass is 10.3. The van der Waals surface area contributed by atoms with Crippen molar-refractivity contribution in [1.29, 1.82) is 0 Å². The van der Waals surface area contributed by atoms with Crippen LogP contribution in [0, 0.1) is 6.92 Å². The minimum Gasteiger partial charge on any atom is -0.383 e. The maximum atomic E-state index is 12.8. The van der Waals surface area contributed by atoms with Crippen molar-refractivity contribution in [1.82, 2.24) is 15.0 Å². The van der Waals surface area contributed by atoms with E-state index in [2.05, 4.69) is 15.0 Å². The Morgan fingerprint density at radius 3 is 2.78 bits per heavy atom. The molecule has 0 saturated heterocycles. The molecule has 0 unspecified atom stereocenters. The monoisotopic (exact) mass is 328 g/mol. The number of thiazole rings is 1. The van der Waals surface area contributed by atoms with Gasteiger partial charge in [0.25, 0.3) is 5.91 Å². The van der Waals surface area contributed by atoms with Crippen LogP contribution in [0.3, 0.4) is 0 Å². The van der Waals surface area contributed by atoms with Gasteiger partial charge in [-0.2, -0.15) is 0 Å². The van der Waals surface area contributed by atoms with Crippen LogP contribution in [0.1, 0.15) is 16.2 Å². The predicted octanol–water partition coefficient (Wildman–Crippen LogP) is 2.69. The third-order valence-corrected chi connectivity index (χ3v) is 4.34. The Balaban J connectivity index is 1.96. The fourth-order valence-electron chi connectivity index (χ4n) is 2.08. The third kappa shape index (κ3) is 3.35. The van der Waals surface area contributed by atoms with Gasteiger partial charge in [0, 0.05) is 13.3 Å². The number of benzene rings is 1. The Hall–Kier alpha value is -2.38. The Kier molecular flexibility index (Phi) is 4.59. The highest BCUT2D eigenvalue weighted by Crippen LogP contribution is 2.29. The number of methoxy groups -OCH3 is 1. The van der Waals surface area contributed by atoms with Crippen molar-refractivity contribution in [3.05, 3.63) is 48.0 Å². The molecule has 0 spiro atoms. The minimum absolute atomic E-state index is 0.228. The second-order valence-corrected chi connectivity index (χ2v) is 5.97. The summed E-state index contributed by atoms with van der Waals surface area (Å²) >= 11 is 1.47. The van der Waals surface area contributed by atoms with Crippen LogP contribution in [-0.2, 0) is 4.74 Å². The first-order chi connectivity index (χ1) is 11.2. The number of nitrogens with zero attached hydrogens (tertiary/aromatic N) is 4. The molecule has 0 bridgehead atoms. The van der Waals surface area contributed by atoms with Gasteiger partial charge in [0.1, 0.15) is 5.69 Å². The van der Waals surface area contributed by atoms with Crippen molar-refractivity contribution in [3.8, 4) is 0 Å². The highest BCUT2D eigenvalue weighted by molar-refractivity contribution is 7.22. The SMILES string of the molecule is COCCN(C(=O)c1cnc(C)cn1)c1nc2ccccc2s1. The van der Waals surface area contributed by atoms with Crippen LogP contribution in [0.4, 0.5) is 5.13 Å². The van der Waals surface area contributed by atoms with Crippen LogP contribution in [-0.4, -0.2) is 41.1 Å². The molecule has 0 atom stereocenters. The van der Waals surface area contributed by atoms with Crippen LogP contribution >= 0.6 is 11.3 Å². The van der Waals surface area contributed by atoms with Crippen LogP contribution in [0.5, 0.6) is 0 Å². The molecule has 6 nitrogen and oxygen atoms in total. The Labute approximate surface area is 137 Å². The van der Waals surface area contributed by atoms with Gasteiger partial charge in [0.05, 0.1) is 35.3 Å². The maximum Gasteiger partial charge on any atom is 0.280 e. The Bertz CT molecular complexity index is 783. The molecule has 0 aliphatic rings. The molecule has 0 aliphatic carbocycles. The van der Waals surface area contributed by atoms with Gasteiger partial charge < -0.3 is 4.74 Å². The Morgan fingerprint density at radius 1 is 1.26 bits per heavy atom. The number of rotatable bonds is 5. The smallest absolute Gasteiger partial charge is 0.280 e. The van der Waals surface area contributed by atoms with E-state index < -0.39 is 0 Å². The largest absolute Gasteiger partial charge is 0.383 e. The van der Waals surface area contributed by atoms with E-state index in [1.54, 1.807) is 18.2 Å². The van der Waals surface area contributed by atoms with E-state index in [0.717, 1.165) is 15.9 Å². The first-order valence-electron chi connectivity index (χ1n) is 7.14. The lowest BCUT2D eigenvalue weighted by Crippen LogP contribution is -2.34. The molecule has 0 N–H and O–H groups in total. The predicted molar refractivity (Wildman–Crippen MR) is 89.9 cm³/mol. The van der Waals surface area contributed by atoms with Crippen molar-refractivity contribution in [3.63, 3.8) is 0 Å². The lowest BCUT2D eigenvalue weighted by molar-refractivity contribution is 0.0970. The normalized spacial score (nSPS) is 10.9. The van der Waals surface area contributed by atoms with Gasteiger partial charge in [-0.15, -0.1) is 0 Å². The van der Waals surface area contributed by atoms with E-state index in [-0.39, 0.29) is 5.91 Å². The summed E-state index contributed by atoms with van der Waals surface area (Å²) in [5.41, 5.74) is 1.94. The number of carbonyl (C=O) groups is 1. The number of aromatic nitrogens is 3. The number of hydrogen-bond acceptors (Lipinski definition) is 6. The summed E-state index contributed by atoms with van der Waals surface area (Å²) in [6, 6.07) is 7.80. The fraction of sp³-hybridized carbons (Fsp3) is 0.250. The molecule has 1 aromatic carbocycles. The molecule has 7 heteroatoms. The van der Waals surface area contributed by atoms with Crippen molar-refractivity contribution in [2.75, 3.05) is 25.2 Å². The van der Waals surface area contributed by atoms with Crippen LogP contribution in [0.25, 0.3) is 10.2 Å². The van der Waals surface area contributed by atoms with Gasteiger partial charge in [-0.3, -0.25) is 14.7 Å². The molecule has 118 valence electrons. The first-order valence-corrected chi connectivity index (χ1v) is 7.95. The molecule has 2 aromatic heterocycles. The zero-order valence-electron chi connectivity index (χ0n) is 12.9. The van der Waals surface area contributed by atoms with Gasteiger partial charge in [0.2, 0.25) is 0 Å². The zero-order valence-corrected chi connectivity index (χ0v) is 13.7. The molecule has 3 rings (SSSR count). The number of aryl methyl sites for hydroxylation is 1. The molecule has 23 heavy (non-hydrogen) atoms. The number of amides is 1. The van der Waals surface area contributed by atoms with E-state index in [4.69, 9.17) is 4.74 Å². The molecule has 2 heterocycles. The quantitative estimate of drug-likeness (QED) is 0.720. The summed E-state index contributed by atoms with van der Waals surface area (Å²) in [5.74, 6) is -0.228. The number of fused-ring (bicyclic) bond motifs is 1. The molecule has 0 fully saturated rings. The molecule has 0 aliphatic heterocycles. The van der Waals surface area contributed by atoms with E-state index >= 15 is 0 Å². The number of para-hydroxylation sites is 1. The third-order valence-electron chi connectivity index (χ3n) is 3.28. The zero-order chi connectivity index (χ0) is 16.2. The summed E-state index contributed by atoms with van der Waals surface area (Å²) in [5, 5.41) is 0.635. The molecular weight excluding hydrogens is 312 g/mol. The number of hydrogen-bond donors (Lipinski definition) is 0. The first kappa shape index (κ1) is 15.5. The highest BCUT2D eigenvalue weighted by Gasteiger charge is 2.22. The van der Waals surface area contributed by atoms with E-state index in [9.17, 15) is 4.79 Å². The highest BCUT2D eigenvalue weighted by atomic mass is 32.1. The summed E-state index contributed by atoms with van der Waals surface area (Å²) in [6.45, 7) is 2.66. The Morgan fingerprint density at radius 2 is 2.09 bits per heavy atom. The molecule has 0 radical (unpaired) electrons. The van der Waals surface area contributed by atoms with Crippen molar-refractivity contribution in [2.45, 2.75) is 6.92 Å². The van der Waals surface area contributed by atoms with E-state index in [1.807, 2.05) is 31.2 Å². The fourth-order valence-corrected chi connectivity index (χ4v) is 3.07. The van der Waals surface area contributed by atoms with Gasteiger partial charge in [-0.1, -0.05) is 23.5 Å². The van der Waals surface area contributed by atoms with Gasteiger partial charge in [0.15, 0.2) is 5.13 Å². The second kappa shape index (κ2) is 6.80. The summed E-state index contributed by atoms with van der Waals surface area (Å²) in [7, 11) is 1.60. The standard InChI is InChI=1S/C16H16N4O2S/c1-11-9-18-13(10-17-11)15(21)20(7-8-22-2)16-19-12-5-3-4-6-14(12)23-16/h3-6,9-10H,7-8H2,1-2H3. The van der Waals surface area contributed by atoms with Crippen LogP contribution in [0.2, 0.25) is 0 Å². The molecular formula is C16H16N4O2S. The summed E-state index contributed by atoms with van der Waals surface area (Å²) < 4.78 is 6.15. The van der Waals surface area contributed by atoms with Crippen molar-refractivity contribution < 1.29 is 9.53 Å². The van der Waals surface area contributed by atoms with E-state index in [0.29, 0.717) is 24.0 Å². The second-order valence-electron chi connectivity index (χ2n) is 4.96. The molecule has 0 saturated carbocycles. The summed E-state index contributed by atoms with van der Waals surface area (Å²) in [6.07, 6.45) is 3.07. The molecule has 1 amide bonds. The topological polar surface area (TPSA) is 68.2 Å². The van der Waals surface area contributed by atoms with E-state index in [1.165, 1.54) is 17.5 Å². The molecule has 3 aromatic rings. The number of carbonyl (C=O) groups excluding carboxylic acids is 1. The minimum atomic E-state index is -0.228. The lowest BCUT2D eigenvalue weighted by Gasteiger charge is -2.18. The van der Waals surface area contributed by atoms with Crippen molar-refractivity contribution >= 4 is 32.6 Å². The van der Waals surface area contributed by atoms with Gasteiger partial charge in [-0.25, -0.2) is 9.97 Å². The average Bonchev–Trinajstić information content (AvgIpc) is 2.99. The number of ether oxygens (including phenoxy) is 1. The van der Waals surface area contributed by atoms with Crippen LogP contribution in [0.15, 0.2) is 36.7 Å². The van der Waals surface area contributed by atoms with Crippen molar-refractivity contribution in [2.24, 2.45) is 0 Å². The number of anilines is 1. The average molecular weight is 328 g/mol. The van der Waals surface area contributed by atoms with Gasteiger partial charge in [-0.05, 0) is 19.1 Å². The van der Waals surface area contributed by atoms with Crippen LogP contribution < -0.4 is 4.90 Å². The van der Waals surface area contributed by atoms with Gasteiger partial charge >= 0.3 is 0 Å². The maximum absolute atomic E-state index is 12.8. The summed E-state index contributed by atoms with van der Waals surface area (Å²) in [4.78, 5) is 27.2.